The average molecular weight is 306 g/mol. The molecule has 0 aromatic heterocycles. The maximum atomic E-state index is 9.28. The molecule has 0 saturated heterocycles. The number of hydrogen-bond acceptors (Lipinski definition) is 5. The van der Waals surface area contributed by atoms with Gasteiger partial charge in [-0.25, -0.2) is 0 Å². The van der Waals surface area contributed by atoms with Crippen molar-refractivity contribution in [1.29, 1.82) is 0 Å². The summed E-state index contributed by atoms with van der Waals surface area (Å²) >= 11 is 0. The number of phenols is 2. The van der Waals surface area contributed by atoms with Crippen LogP contribution in [0.2, 0.25) is 0 Å². The first-order valence-corrected chi connectivity index (χ1v) is 8.02. The molecule has 110 valence electrons. The fourth-order valence-corrected chi connectivity index (χ4v) is 3.10. The van der Waals surface area contributed by atoms with Crippen LogP contribution in [0.15, 0.2) is 60.9 Å². The minimum absolute atomic E-state index is 0.144. The summed E-state index contributed by atoms with van der Waals surface area (Å²) in [6, 6.07) is 12.5. The molecule has 5 nitrogen and oxygen atoms in total. The number of hydrogen-bond donors (Lipinski definition) is 2. The molecule has 2 aromatic rings. The van der Waals surface area contributed by atoms with Crippen LogP contribution < -0.4 is 9.05 Å². The molecule has 0 aliphatic rings. The van der Waals surface area contributed by atoms with E-state index in [4.69, 9.17) is 13.5 Å². The van der Waals surface area contributed by atoms with E-state index < -0.39 is 7.94 Å². The van der Waals surface area contributed by atoms with Gasteiger partial charge in [0.25, 0.3) is 0 Å². The molecule has 0 aliphatic carbocycles. The molecule has 7 heteroatoms. The predicted molar refractivity (Wildman–Crippen MR) is 85.6 cm³/mol. The minimum atomic E-state index is -3.16. The maximum absolute atomic E-state index is 9.28. The molecule has 2 rings (SSSR count). The Hall–Kier alpha value is -2.17. The Labute approximate surface area is 124 Å². The zero-order chi connectivity index (χ0) is 15.3. The molecule has 0 bridgehead atoms. The molecule has 0 amide bonds. The summed E-state index contributed by atoms with van der Waals surface area (Å²) in [7, 11) is -1.68. The van der Waals surface area contributed by atoms with E-state index in [9.17, 15) is 10.2 Å². The Morgan fingerprint density at radius 2 is 1.24 bits per heavy atom. The molecule has 0 unspecified atom stereocenters. The van der Waals surface area contributed by atoms with E-state index in [1.165, 1.54) is 38.1 Å². The Morgan fingerprint density at radius 1 is 0.857 bits per heavy atom. The van der Waals surface area contributed by atoms with Gasteiger partial charge in [-0.1, -0.05) is 0 Å². The fourth-order valence-electron chi connectivity index (χ4n) is 1.63. The van der Waals surface area contributed by atoms with Crippen molar-refractivity contribution in [3.63, 3.8) is 0 Å². The Kier molecular flexibility index (Phi) is 4.73. The number of rotatable bonds is 6. The summed E-state index contributed by atoms with van der Waals surface area (Å²) < 4.78 is 17.0. The Balaban J connectivity index is 2.21. The number of benzene rings is 2. The first-order chi connectivity index (χ1) is 10.1. The van der Waals surface area contributed by atoms with Gasteiger partial charge >= 0.3 is 124 Å². The van der Waals surface area contributed by atoms with Crippen molar-refractivity contribution in [1.82, 2.24) is 0 Å². The van der Waals surface area contributed by atoms with Gasteiger partial charge in [-0.15, -0.1) is 0 Å². The van der Waals surface area contributed by atoms with E-state index in [0.717, 1.165) is 0 Å². The Morgan fingerprint density at radius 3 is 1.52 bits per heavy atom. The SMILES string of the molecule is BO[PH](C=C)(Oc1ccc(O)cc1)Oc1ccc(O)cc1. The van der Waals surface area contributed by atoms with Gasteiger partial charge in [-0.05, 0) is 0 Å². The van der Waals surface area contributed by atoms with E-state index in [1.54, 1.807) is 24.3 Å². The quantitative estimate of drug-likeness (QED) is 0.634. The first-order valence-electron chi connectivity index (χ1n) is 6.22. The second kappa shape index (κ2) is 6.52. The fraction of sp³-hybridized carbons (Fsp3) is 0. The molecule has 21 heavy (non-hydrogen) atoms. The van der Waals surface area contributed by atoms with Gasteiger partial charge in [0.1, 0.15) is 0 Å². The van der Waals surface area contributed by atoms with Crippen LogP contribution in [0.3, 0.4) is 0 Å². The summed E-state index contributed by atoms with van der Waals surface area (Å²) in [5.74, 6) is 2.79. The van der Waals surface area contributed by atoms with Crippen molar-refractivity contribution in [2.45, 2.75) is 0 Å². The van der Waals surface area contributed by atoms with Crippen molar-refractivity contribution in [3.8, 4) is 23.0 Å². The van der Waals surface area contributed by atoms with Crippen molar-refractivity contribution < 1.29 is 23.7 Å². The summed E-state index contributed by atoms with van der Waals surface area (Å²) in [4.78, 5) is 0. The van der Waals surface area contributed by atoms with Crippen LogP contribution in [0.1, 0.15) is 0 Å². The molecular weight excluding hydrogens is 290 g/mol. The van der Waals surface area contributed by atoms with Crippen molar-refractivity contribution >= 4 is 16.0 Å². The summed E-state index contributed by atoms with van der Waals surface area (Å²) in [5, 5.41) is 18.6. The van der Waals surface area contributed by atoms with Crippen LogP contribution in [-0.4, -0.2) is 18.3 Å². The van der Waals surface area contributed by atoms with Crippen molar-refractivity contribution in [2.75, 3.05) is 0 Å². The van der Waals surface area contributed by atoms with Crippen LogP contribution in [0.25, 0.3) is 0 Å². The van der Waals surface area contributed by atoms with Gasteiger partial charge in [0, 0.05) is 0 Å². The zero-order valence-electron chi connectivity index (χ0n) is 11.5. The third kappa shape index (κ3) is 3.91. The van der Waals surface area contributed by atoms with E-state index in [1.807, 2.05) is 0 Å². The van der Waals surface area contributed by atoms with Crippen LogP contribution in [0.4, 0.5) is 0 Å². The molecule has 0 radical (unpaired) electrons. The van der Waals surface area contributed by atoms with Crippen molar-refractivity contribution in [2.24, 2.45) is 0 Å². The van der Waals surface area contributed by atoms with Gasteiger partial charge in [0.05, 0.1) is 0 Å². The molecule has 0 heterocycles. The third-order valence-corrected chi connectivity index (χ3v) is 4.84. The van der Waals surface area contributed by atoms with E-state index in [0.29, 0.717) is 11.5 Å². The van der Waals surface area contributed by atoms with Gasteiger partial charge in [-0.3, -0.25) is 0 Å². The van der Waals surface area contributed by atoms with Crippen molar-refractivity contribution in [3.05, 3.63) is 60.9 Å². The topological polar surface area (TPSA) is 68.2 Å². The number of aromatic hydroxyl groups is 2. The summed E-state index contributed by atoms with van der Waals surface area (Å²) in [6.07, 6.45) is 0. The molecule has 0 atom stereocenters. The van der Waals surface area contributed by atoms with Gasteiger partial charge in [0.2, 0.25) is 0 Å². The molecule has 2 aromatic carbocycles. The molecule has 2 N–H and O–H groups in total. The number of phenolic OH excluding ortho intramolecular Hbond substituents is 2. The normalized spacial score (nSPS) is 11.6. The van der Waals surface area contributed by atoms with Crippen LogP contribution in [-0.2, 0) is 4.44 Å². The van der Waals surface area contributed by atoms with Gasteiger partial charge < -0.3 is 0 Å². The van der Waals surface area contributed by atoms with Crippen LogP contribution >= 0.6 is 7.94 Å². The molecule has 0 fully saturated rings. The standard InChI is InChI=1S/C14H16BO5P/c1-2-21(20-15,18-13-7-3-11(16)4-8-13)19-14-9-5-12(17)6-10-14/h2-10,16-17,21H,1,15H2. The third-order valence-electron chi connectivity index (χ3n) is 2.73. The van der Waals surface area contributed by atoms with E-state index >= 15 is 0 Å². The monoisotopic (exact) mass is 306 g/mol. The Bertz CT molecular complexity index is 552. The van der Waals surface area contributed by atoms with E-state index in [-0.39, 0.29) is 11.5 Å². The van der Waals surface area contributed by atoms with Gasteiger partial charge in [-0.2, -0.15) is 0 Å². The first kappa shape index (κ1) is 15.2. The summed E-state index contributed by atoms with van der Waals surface area (Å²) in [5.41, 5.74) is 0. The van der Waals surface area contributed by atoms with E-state index in [2.05, 4.69) is 6.58 Å². The van der Waals surface area contributed by atoms with Gasteiger partial charge in [0.15, 0.2) is 0 Å². The molecule has 0 spiro atoms. The van der Waals surface area contributed by atoms with Crippen LogP contribution in [0.5, 0.6) is 23.0 Å². The predicted octanol–water partition coefficient (Wildman–Crippen LogP) is 2.76. The van der Waals surface area contributed by atoms with Crippen LogP contribution in [0, 0.1) is 0 Å². The summed E-state index contributed by atoms with van der Waals surface area (Å²) in [6.45, 7) is 3.72. The molecular formula is C14H16BO5P. The average Bonchev–Trinajstić information content (AvgIpc) is 2.51. The zero-order valence-corrected chi connectivity index (χ0v) is 12.5. The molecule has 0 saturated carbocycles. The molecule has 0 aliphatic heterocycles. The second-order valence-electron chi connectivity index (χ2n) is 4.20. The second-order valence-corrected chi connectivity index (χ2v) is 6.64.